The Kier molecular flexibility index (Phi) is 7.33. The van der Waals surface area contributed by atoms with Crippen LogP contribution >= 0.6 is 11.8 Å². The fraction of sp³-hybridized carbons (Fsp3) is 0.583. The standard InChI is InChI=1S/C24H35NO4S/c1-10-19(22-25-18(14(2)29-22)13-20(26)28-9)30-15-11-16(23(3,4)5)21(27)17(12-15)24(6,7)8/h11-12,19,27H,10,13H2,1-9H3. The van der Waals surface area contributed by atoms with Crippen LogP contribution in [0.3, 0.4) is 0 Å². The lowest BCUT2D eigenvalue weighted by Gasteiger charge is -2.28. The molecule has 0 aliphatic rings. The monoisotopic (exact) mass is 433 g/mol. The van der Waals surface area contributed by atoms with E-state index < -0.39 is 0 Å². The molecule has 0 aliphatic heterocycles. The molecule has 2 aromatic rings. The summed E-state index contributed by atoms with van der Waals surface area (Å²) in [5, 5.41) is 11.0. The van der Waals surface area contributed by atoms with E-state index in [1.54, 1.807) is 11.8 Å². The van der Waals surface area contributed by atoms with Gasteiger partial charge in [0.25, 0.3) is 0 Å². The van der Waals surface area contributed by atoms with Gasteiger partial charge in [-0.15, -0.1) is 11.8 Å². The molecule has 0 fully saturated rings. The van der Waals surface area contributed by atoms with Crippen molar-refractivity contribution in [1.29, 1.82) is 0 Å². The molecular weight excluding hydrogens is 398 g/mol. The van der Waals surface area contributed by atoms with Crippen LogP contribution in [0.2, 0.25) is 0 Å². The van der Waals surface area contributed by atoms with E-state index in [4.69, 9.17) is 9.15 Å². The van der Waals surface area contributed by atoms with Gasteiger partial charge in [0.05, 0.1) is 24.5 Å². The van der Waals surface area contributed by atoms with E-state index in [1.807, 2.05) is 6.92 Å². The summed E-state index contributed by atoms with van der Waals surface area (Å²) >= 11 is 1.67. The zero-order chi connectivity index (χ0) is 22.9. The molecule has 2 rings (SSSR count). The number of hydrogen-bond donors (Lipinski definition) is 1. The molecule has 0 spiro atoms. The summed E-state index contributed by atoms with van der Waals surface area (Å²) in [5.74, 6) is 1.30. The first-order chi connectivity index (χ1) is 13.8. The van der Waals surface area contributed by atoms with Gasteiger partial charge in [0, 0.05) is 16.0 Å². The number of phenolic OH excluding ortho intramolecular Hbond substituents is 1. The molecule has 1 unspecified atom stereocenters. The van der Waals surface area contributed by atoms with Crippen LogP contribution in [-0.4, -0.2) is 23.2 Å². The summed E-state index contributed by atoms with van der Waals surface area (Å²) in [7, 11) is 1.37. The van der Waals surface area contributed by atoms with Crippen molar-refractivity contribution in [3.8, 4) is 5.75 Å². The molecule has 1 aromatic heterocycles. The van der Waals surface area contributed by atoms with E-state index in [9.17, 15) is 9.90 Å². The summed E-state index contributed by atoms with van der Waals surface area (Å²) in [6.07, 6.45) is 0.924. The number of carbonyl (C=O) groups is 1. The average molecular weight is 434 g/mol. The maximum Gasteiger partial charge on any atom is 0.311 e. The summed E-state index contributed by atoms with van der Waals surface area (Å²) < 4.78 is 10.7. The van der Waals surface area contributed by atoms with Gasteiger partial charge in [-0.1, -0.05) is 48.5 Å². The minimum atomic E-state index is -0.332. The molecule has 1 N–H and O–H groups in total. The highest BCUT2D eigenvalue weighted by molar-refractivity contribution is 7.99. The van der Waals surface area contributed by atoms with E-state index in [-0.39, 0.29) is 28.5 Å². The Morgan fingerprint density at radius 1 is 1.17 bits per heavy atom. The number of rotatable bonds is 6. The number of aryl methyl sites for hydroxylation is 1. The number of benzene rings is 1. The highest BCUT2D eigenvalue weighted by Crippen LogP contribution is 2.45. The number of aromatic hydroxyl groups is 1. The molecule has 1 heterocycles. The second kappa shape index (κ2) is 9.04. The number of esters is 1. The number of ether oxygens (including phenoxy) is 1. The third kappa shape index (κ3) is 5.60. The van der Waals surface area contributed by atoms with Crippen molar-refractivity contribution < 1.29 is 19.1 Å². The summed E-state index contributed by atoms with van der Waals surface area (Å²) in [4.78, 5) is 17.3. The van der Waals surface area contributed by atoms with Crippen molar-refractivity contribution in [2.75, 3.05) is 7.11 Å². The lowest BCUT2D eigenvalue weighted by atomic mass is 9.79. The van der Waals surface area contributed by atoms with E-state index in [0.29, 0.717) is 23.1 Å². The smallest absolute Gasteiger partial charge is 0.311 e. The first-order valence-corrected chi connectivity index (χ1v) is 11.2. The normalized spacial score (nSPS) is 13.4. The van der Waals surface area contributed by atoms with Crippen molar-refractivity contribution in [2.24, 2.45) is 0 Å². The zero-order valence-electron chi connectivity index (χ0n) is 19.7. The lowest BCUT2D eigenvalue weighted by Crippen LogP contribution is -2.17. The SMILES string of the molecule is CCC(Sc1cc(C(C)(C)C)c(O)c(C(C)(C)C)c1)c1nc(CC(=O)OC)c(C)o1. The fourth-order valence-corrected chi connectivity index (χ4v) is 4.32. The zero-order valence-corrected chi connectivity index (χ0v) is 20.5. The molecule has 0 bridgehead atoms. The van der Waals surface area contributed by atoms with Gasteiger partial charge in [-0.05, 0) is 36.3 Å². The van der Waals surface area contributed by atoms with Gasteiger partial charge in [0.1, 0.15) is 11.5 Å². The maximum atomic E-state index is 11.6. The Hall–Kier alpha value is -1.95. The summed E-state index contributed by atoms with van der Waals surface area (Å²) in [5.41, 5.74) is 2.11. The molecular formula is C24H35NO4S. The summed E-state index contributed by atoms with van der Waals surface area (Å²) in [6.45, 7) is 16.6. The fourth-order valence-electron chi connectivity index (χ4n) is 3.25. The quantitative estimate of drug-likeness (QED) is 0.429. The van der Waals surface area contributed by atoms with Crippen LogP contribution in [0.4, 0.5) is 0 Å². The number of oxazole rings is 1. The Bertz CT molecular complexity index is 868. The van der Waals surface area contributed by atoms with Crippen LogP contribution in [0.1, 0.15) is 88.6 Å². The number of phenols is 1. The number of hydrogen-bond acceptors (Lipinski definition) is 6. The number of nitrogens with zero attached hydrogens (tertiary/aromatic N) is 1. The van der Waals surface area contributed by atoms with Crippen molar-refractivity contribution in [3.05, 3.63) is 40.6 Å². The third-order valence-electron chi connectivity index (χ3n) is 5.07. The number of methoxy groups -OCH3 is 1. The van der Waals surface area contributed by atoms with Crippen LogP contribution in [0.25, 0.3) is 0 Å². The first kappa shape index (κ1) is 24.3. The third-order valence-corrected chi connectivity index (χ3v) is 6.40. The van der Waals surface area contributed by atoms with Crippen molar-refractivity contribution in [1.82, 2.24) is 4.98 Å². The topological polar surface area (TPSA) is 72.6 Å². The maximum absolute atomic E-state index is 11.6. The average Bonchev–Trinajstić information content (AvgIpc) is 2.98. The predicted octanol–water partition coefficient (Wildman–Crippen LogP) is 6.24. The Balaban J connectivity index is 2.44. The molecule has 0 saturated carbocycles. The molecule has 6 heteroatoms. The van der Waals surface area contributed by atoms with Crippen molar-refractivity contribution in [2.45, 2.75) is 89.2 Å². The molecule has 0 radical (unpaired) electrons. The minimum Gasteiger partial charge on any atom is -0.507 e. The molecule has 1 atom stereocenters. The van der Waals surface area contributed by atoms with E-state index in [0.717, 1.165) is 22.4 Å². The van der Waals surface area contributed by atoms with Crippen LogP contribution in [0, 0.1) is 6.92 Å². The first-order valence-electron chi connectivity index (χ1n) is 10.4. The van der Waals surface area contributed by atoms with Crippen LogP contribution < -0.4 is 0 Å². The molecule has 30 heavy (non-hydrogen) atoms. The van der Waals surface area contributed by atoms with Gasteiger partial charge in [0.15, 0.2) is 0 Å². The Morgan fingerprint density at radius 2 is 1.70 bits per heavy atom. The highest BCUT2D eigenvalue weighted by Gasteiger charge is 2.28. The highest BCUT2D eigenvalue weighted by atomic mass is 32.2. The van der Waals surface area contributed by atoms with Crippen molar-refractivity contribution in [3.63, 3.8) is 0 Å². The van der Waals surface area contributed by atoms with Gasteiger partial charge in [-0.3, -0.25) is 4.79 Å². The van der Waals surface area contributed by atoms with Crippen LogP contribution in [0.15, 0.2) is 21.4 Å². The molecule has 0 amide bonds. The molecule has 166 valence electrons. The number of thioether (sulfide) groups is 1. The van der Waals surface area contributed by atoms with Gasteiger partial charge < -0.3 is 14.3 Å². The summed E-state index contributed by atoms with van der Waals surface area (Å²) in [6, 6.07) is 4.14. The number of carbonyl (C=O) groups excluding carboxylic acids is 1. The van der Waals surface area contributed by atoms with Crippen LogP contribution in [0.5, 0.6) is 5.75 Å². The van der Waals surface area contributed by atoms with E-state index >= 15 is 0 Å². The largest absolute Gasteiger partial charge is 0.507 e. The minimum absolute atomic E-state index is 0.000256. The number of aromatic nitrogens is 1. The second-order valence-corrected chi connectivity index (χ2v) is 11.0. The molecule has 0 aliphatic carbocycles. The van der Waals surface area contributed by atoms with Gasteiger partial charge in [-0.25, -0.2) is 4.98 Å². The molecule has 5 nitrogen and oxygen atoms in total. The predicted molar refractivity (Wildman–Crippen MR) is 121 cm³/mol. The van der Waals surface area contributed by atoms with Gasteiger partial charge >= 0.3 is 5.97 Å². The Labute approximate surface area is 184 Å². The second-order valence-electron chi connectivity index (χ2n) is 9.69. The van der Waals surface area contributed by atoms with Gasteiger partial charge in [-0.2, -0.15) is 0 Å². The van der Waals surface area contributed by atoms with Crippen molar-refractivity contribution >= 4 is 17.7 Å². The molecule has 1 aromatic carbocycles. The van der Waals surface area contributed by atoms with E-state index in [1.165, 1.54) is 7.11 Å². The van der Waals surface area contributed by atoms with Gasteiger partial charge in [0.2, 0.25) is 5.89 Å². The van der Waals surface area contributed by atoms with E-state index in [2.05, 4.69) is 65.6 Å². The van der Waals surface area contributed by atoms with Crippen LogP contribution in [-0.2, 0) is 26.8 Å². The lowest BCUT2D eigenvalue weighted by molar-refractivity contribution is -0.139. The molecule has 0 saturated heterocycles. The Morgan fingerprint density at radius 3 is 2.13 bits per heavy atom.